The van der Waals surface area contributed by atoms with E-state index < -0.39 is 0 Å². The van der Waals surface area contributed by atoms with E-state index in [0.717, 1.165) is 62.3 Å². The second kappa shape index (κ2) is 10.4. The van der Waals surface area contributed by atoms with Crippen LogP contribution in [0.1, 0.15) is 29.9 Å². The van der Waals surface area contributed by atoms with Crippen molar-refractivity contribution >= 4 is 28.1 Å². The van der Waals surface area contributed by atoms with Gasteiger partial charge in [-0.05, 0) is 65.8 Å². The van der Waals surface area contributed by atoms with Gasteiger partial charge in [-0.1, -0.05) is 36.4 Å². The van der Waals surface area contributed by atoms with Gasteiger partial charge in [0.1, 0.15) is 0 Å². The Hall–Kier alpha value is -3.26. The minimum Gasteiger partial charge on any atom is -0.379 e. The highest BCUT2D eigenvalue weighted by molar-refractivity contribution is 7.80. The average Bonchev–Trinajstić information content (AvgIpc) is 3.54. The first-order valence-corrected chi connectivity index (χ1v) is 13.1. The number of thiocarbonyl (C=S) groups is 1. The van der Waals surface area contributed by atoms with Crippen molar-refractivity contribution in [1.82, 2.24) is 24.7 Å². The zero-order valence-electron chi connectivity index (χ0n) is 20.3. The topological polar surface area (TPSA) is 45.6 Å². The third-order valence-electron chi connectivity index (χ3n) is 7.27. The van der Waals surface area contributed by atoms with Gasteiger partial charge in [-0.2, -0.15) is 0 Å². The summed E-state index contributed by atoms with van der Waals surface area (Å²) in [5.74, 6) is 0. The lowest BCUT2D eigenvalue weighted by atomic mass is 10.0. The molecule has 0 amide bonds. The Labute approximate surface area is 217 Å². The maximum atomic E-state index is 5.91. The Kier molecular flexibility index (Phi) is 6.68. The van der Waals surface area contributed by atoms with Crippen molar-refractivity contribution in [3.05, 3.63) is 96.6 Å². The molecular formula is C29H31N5OS. The second-order valence-corrected chi connectivity index (χ2v) is 9.85. The van der Waals surface area contributed by atoms with Crippen LogP contribution in [0.5, 0.6) is 0 Å². The molecule has 0 radical (unpaired) electrons. The summed E-state index contributed by atoms with van der Waals surface area (Å²) in [5, 5.41) is 6.88. The van der Waals surface area contributed by atoms with Crippen LogP contribution in [0, 0.1) is 0 Å². The summed E-state index contributed by atoms with van der Waals surface area (Å²) >= 11 is 5.91. The number of morpholine rings is 1. The van der Waals surface area contributed by atoms with Gasteiger partial charge < -0.3 is 19.5 Å². The number of benzene rings is 2. The first kappa shape index (κ1) is 23.2. The molecule has 2 unspecified atom stereocenters. The first-order valence-electron chi connectivity index (χ1n) is 12.7. The van der Waals surface area contributed by atoms with E-state index in [1.807, 2.05) is 18.3 Å². The highest BCUT2D eigenvalue weighted by atomic mass is 32.1. The van der Waals surface area contributed by atoms with Crippen molar-refractivity contribution in [2.45, 2.75) is 18.5 Å². The molecule has 2 aromatic heterocycles. The summed E-state index contributed by atoms with van der Waals surface area (Å²) < 4.78 is 7.82. The number of nitrogens with one attached hydrogen (secondary N) is 1. The molecule has 7 heteroatoms. The SMILES string of the molecule is S=C1NC(c2ccccn2)C(c2cccn2-c2ccc3ccccc3c2)N1CCCN1CCOCC1. The van der Waals surface area contributed by atoms with Crippen LogP contribution in [0.2, 0.25) is 0 Å². The highest BCUT2D eigenvalue weighted by Crippen LogP contribution is 2.39. The quantitative estimate of drug-likeness (QED) is 0.373. The van der Waals surface area contributed by atoms with Crippen molar-refractivity contribution in [1.29, 1.82) is 0 Å². The zero-order chi connectivity index (χ0) is 24.3. The summed E-state index contributed by atoms with van der Waals surface area (Å²) in [6.07, 6.45) is 5.06. The van der Waals surface area contributed by atoms with Gasteiger partial charge in [0, 0.05) is 50.0 Å². The van der Waals surface area contributed by atoms with Gasteiger partial charge in [0.15, 0.2) is 5.11 Å². The van der Waals surface area contributed by atoms with Crippen molar-refractivity contribution in [2.24, 2.45) is 0 Å². The van der Waals surface area contributed by atoms with Crippen molar-refractivity contribution in [2.75, 3.05) is 39.4 Å². The van der Waals surface area contributed by atoms with Crippen molar-refractivity contribution in [3.8, 4) is 5.69 Å². The van der Waals surface area contributed by atoms with Crippen molar-refractivity contribution < 1.29 is 4.74 Å². The van der Waals surface area contributed by atoms with E-state index in [2.05, 4.69) is 86.5 Å². The normalized spacial score (nSPS) is 20.7. The van der Waals surface area contributed by atoms with Crippen LogP contribution in [-0.2, 0) is 4.74 Å². The number of hydrogen-bond acceptors (Lipinski definition) is 4. The Balaban J connectivity index is 1.33. The molecule has 0 spiro atoms. The van der Waals surface area contributed by atoms with Gasteiger partial charge in [0.2, 0.25) is 0 Å². The van der Waals surface area contributed by atoms with Crippen molar-refractivity contribution in [3.63, 3.8) is 0 Å². The molecule has 0 aliphatic carbocycles. The summed E-state index contributed by atoms with van der Waals surface area (Å²) in [6.45, 7) is 5.61. The Morgan fingerprint density at radius 1 is 0.917 bits per heavy atom. The van der Waals surface area contributed by atoms with Gasteiger partial charge >= 0.3 is 0 Å². The van der Waals surface area contributed by atoms with E-state index >= 15 is 0 Å². The number of hydrogen-bond donors (Lipinski definition) is 1. The fraction of sp³-hybridized carbons (Fsp3) is 0.310. The minimum absolute atomic E-state index is 0.0174. The zero-order valence-corrected chi connectivity index (χ0v) is 21.1. The van der Waals surface area contributed by atoms with Crippen LogP contribution in [-0.4, -0.2) is 63.9 Å². The molecule has 2 saturated heterocycles. The van der Waals surface area contributed by atoms with E-state index in [1.165, 1.54) is 16.5 Å². The number of nitrogens with zero attached hydrogens (tertiary/aromatic N) is 4. The molecule has 1 N–H and O–H groups in total. The van der Waals surface area contributed by atoms with Gasteiger partial charge in [-0.25, -0.2) is 0 Å². The molecule has 36 heavy (non-hydrogen) atoms. The molecule has 2 fully saturated rings. The van der Waals surface area contributed by atoms with E-state index in [1.54, 1.807) is 0 Å². The van der Waals surface area contributed by atoms with Crippen LogP contribution in [0.15, 0.2) is 85.2 Å². The van der Waals surface area contributed by atoms with Gasteiger partial charge in [0.25, 0.3) is 0 Å². The lowest BCUT2D eigenvalue weighted by molar-refractivity contribution is 0.0365. The number of aromatic nitrogens is 2. The molecule has 4 heterocycles. The van der Waals surface area contributed by atoms with Gasteiger partial charge in [0.05, 0.1) is 31.0 Å². The molecule has 184 valence electrons. The number of ether oxygens (including phenoxy) is 1. The van der Waals surface area contributed by atoms with Crippen LogP contribution in [0.3, 0.4) is 0 Å². The number of rotatable bonds is 7. The number of pyridine rings is 1. The molecule has 0 bridgehead atoms. The smallest absolute Gasteiger partial charge is 0.170 e. The lowest BCUT2D eigenvalue weighted by Crippen LogP contribution is -2.39. The van der Waals surface area contributed by atoms with E-state index in [4.69, 9.17) is 21.9 Å². The molecule has 4 aromatic rings. The van der Waals surface area contributed by atoms with Crippen LogP contribution >= 0.6 is 12.2 Å². The van der Waals surface area contributed by atoms with E-state index in [9.17, 15) is 0 Å². The average molecular weight is 498 g/mol. The molecule has 6 rings (SSSR count). The summed E-state index contributed by atoms with van der Waals surface area (Å²) in [6, 6.07) is 25.6. The lowest BCUT2D eigenvalue weighted by Gasteiger charge is -2.31. The number of fused-ring (bicyclic) bond motifs is 1. The monoisotopic (exact) mass is 497 g/mol. The first-order chi connectivity index (χ1) is 17.8. The summed E-state index contributed by atoms with van der Waals surface area (Å²) in [7, 11) is 0. The highest BCUT2D eigenvalue weighted by Gasteiger charge is 2.41. The molecule has 2 atom stereocenters. The predicted octanol–water partition coefficient (Wildman–Crippen LogP) is 4.72. The largest absolute Gasteiger partial charge is 0.379 e. The maximum absolute atomic E-state index is 5.91. The fourth-order valence-electron chi connectivity index (χ4n) is 5.45. The Morgan fingerprint density at radius 3 is 2.58 bits per heavy atom. The minimum atomic E-state index is -0.0174. The Morgan fingerprint density at radius 2 is 1.75 bits per heavy atom. The third-order valence-corrected chi connectivity index (χ3v) is 7.62. The van der Waals surface area contributed by atoms with Crippen LogP contribution in [0.4, 0.5) is 0 Å². The van der Waals surface area contributed by atoms with E-state index in [-0.39, 0.29) is 12.1 Å². The van der Waals surface area contributed by atoms with Gasteiger partial charge in [-0.3, -0.25) is 9.88 Å². The second-order valence-electron chi connectivity index (χ2n) is 9.46. The third kappa shape index (κ3) is 4.62. The van der Waals surface area contributed by atoms with Crippen LogP contribution < -0.4 is 5.32 Å². The molecule has 0 saturated carbocycles. The molecule has 2 aliphatic rings. The van der Waals surface area contributed by atoms with Gasteiger partial charge in [-0.15, -0.1) is 0 Å². The van der Waals surface area contributed by atoms with Crippen LogP contribution in [0.25, 0.3) is 16.5 Å². The standard InChI is InChI=1S/C29H31N5OS/c36-29-31-27(25-9-3-4-13-30-25)28(34(29)16-6-14-32-17-19-35-20-18-32)26-10-5-15-33(26)24-12-11-22-7-1-2-8-23(22)21-24/h1-5,7-13,15,21,27-28H,6,14,16-20H2,(H,31,36). The Bertz CT molecular complexity index is 1330. The molecular weight excluding hydrogens is 466 g/mol. The van der Waals surface area contributed by atoms with E-state index in [0.29, 0.717) is 0 Å². The maximum Gasteiger partial charge on any atom is 0.170 e. The predicted molar refractivity (Wildman–Crippen MR) is 147 cm³/mol. The fourth-order valence-corrected chi connectivity index (χ4v) is 5.79. The summed E-state index contributed by atoms with van der Waals surface area (Å²) in [5.41, 5.74) is 3.37. The molecule has 2 aromatic carbocycles. The molecule has 6 nitrogen and oxygen atoms in total. The molecule has 2 aliphatic heterocycles. The summed E-state index contributed by atoms with van der Waals surface area (Å²) in [4.78, 5) is 9.55.